The smallest absolute Gasteiger partial charge is 0.00185 e. The molecule has 1 aliphatic rings. The van der Waals surface area contributed by atoms with Gasteiger partial charge in [-0.15, -0.1) is 0 Å². The Balaban J connectivity index is 2.23. The number of piperidine rings is 1. The summed E-state index contributed by atoms with van der Waals surface area (Å²) in [5, 5.41) is 0. The number of likely N-dealkylation sites (tertiary alicyclic amines) is 1. The molecule has 0 amide bonds. The topological polar surface area (TPSA) is 6.48 Å². The minimum absolute atomic E-state index is 0.808. The van der Waals surface area contributed by atoms with Gasteiger partial charge in [0.2, 0.25) is 0 Å². The number of hydrogen-bond donors (Lipinski definition) is 0. The van der Waals surface area contributed by atoms with Crippen molar-refractivity contribution in [3.63, 3.8) is 0 Å². The molecule has 0 aliphatic carbocycles. The molecule has 136 valence electrons. The molecule has 0 N–H and O–H groups in total. The van der Waals surface area contributed by atoms with Gasteiger partial charge in [0.25, 0.3) is 0 Å². The average molecular weight is 323 g/mol. The van der Waals surface area contributed by atoms with Gasteiger partial charge in [0.1, 0.15) is 0 Å². The second-order valence-corrected chi connectivity index (χ2v) is 8.02. The van der Waals surface area contributed by atoms with E-state index in [1.54, 1.807) is 0 Å². The molecule has 1 fully saturated rings. The van der Waals surface area contributed by atoms with Gasteiger partial charge in [0.15, 0.2) is 0 Å². The van der Waals surface area contributed by atoms with Crippen LogP contribution in [0.2, 0.25) is 0 Å². The predicted molar refractivity (Wildman–Crippen MR) is 104 cm³/mol. The van der Waals surface area contributed by atoms with Crippen molar-refractivity contribution in [3.8, 4) is 0 Å². The van der Waals surface area contributed by atoms with Crippen molar-refractivity contribution in [1.82, 2.24) is 9.80 Å². The van der Waals surface area contributed by atoms with Crippen LogP contribution in [0.3, 0.4) is 0 Å². The Morgan fingerprint density at radius 3 is 2.30 bits per heavy atom. The molecule has 0 atom stereocenters. The van der Waals surface area contributed by atoms with Crippen molar-refractivity contribution in [2.24, 2.45) is 11.8 Å². The molecule has 2 nitrogen and oxygen atoms in total. The summed E-state index contributed by atoms with van der Waals surface area (Å²) in [6, 6.07) is 0. The zero-order valence-electron chi connectivity index (χ0n) is 16.4. The molecule has 0 aromatic carbocycles. The van der Waals surface area contributed by atoms with E-state index >= 15 is 0 Å². The van der Waals surface area contributed by atoms with E-state index in [0.29, 0.717) is 0 Å². The van der Waals surface area contributed by atoms with Crippen LogP contribution in [-0.2, 0) is 0 Å². The van der Waals surface area contributed by atoms with E-state index < -0.39 is 0 Å². The van der Waals surface area contributed by atoms with Gasteiger partial charge in [0.05, 0.1) is 0 Å². The van der Waals surface area contributed by atoms with Crippen LogP contribution >= 0.6 is 0 Å². The second kappa shape index (κ2) is 12.1. The van der Waals surface area contributed by atoms with Crippen molar-refractivity contribution in [3.05, 3.63) is 12.2 Å². The fraction of sp³-hybridized carbons (Fsp3) is 0.905. The lowest BCUT2D eigenvalue weighted by Crippen LogP contribution is -2.37. The zero-order chi connectivity index (χ0) is 17.1. The Kier molecular flexibility index (Phi) is 10.9. The molecule has 0 saturated carbocycles. The molecule has 0 radical (unpaired) electrons. The Bertz CT molecular complexity index is 303. The fourth-order valence-corrected chi connectivity index (χ4v) is 3.79. The first-order valence-corrected chi connectivity index (χ1v) is 10.2. The molecule has 0 bridgehead atoms. The molecular weight excluding hydrogens is 280 g/mol. The predicted octanol–water partition coefficient (Wildman–Crippen LogP) is 5.20. The molecule has 1 saturated heterocycles. The van der Waals surface area contributed by atoms with Crippen LogP contribution in [0.1, 0.15) is 72.6 Å². The van der Waals surface area contributed by atoms with Gasteiger partial charge in [-0.05, 0) is 76.5 Å². The molecule has 0 spiro atoms. The summed E-state index contributed by atoms with van der Waals surface area (Å²) in [6.45, 7) is 21.2. The summed E-state index contributed by atoms with van der Waals surface area (Å²) in [7, 11) is 0. The maximum absolute atomic E-state index is 4.23. The highest BCUT2D eigenvalue weighted by molar-refractivity contribution is 4.94. The summed E-state index contributed by atoms with van der Waals surface area (Å²) in [5.74, 6) is 1.76. The van der Waals surface area contributed by atoms with Gasteiger partial charge < -0.3 is 9.80 Å². The Morgan fingerprint density at radius 2 is 1.74 bits per heavy atom. The van der Waals surface area contributed by atoms with E-state index in [4.69, 9.17) is 0 Å². The van der Waals surface area contributed by atoms with Crippen molar-refractivity contribution in [2.45, 2.75) is 72.6 Å². The SMILES string of the molecule is C=C(CCC)CCN(CCC)CCC1CCN(CC(C)C)CC1. The number of nitrogens with zero attached hydrogens (tertiary/aromatic N) is 2. The van der Waals surface area contributed by atoms with E-state index in [1.807, 2.05) is 0 Å². The van der Waals surface area contributed by atoms with Gasteiger partial charge in [-0.1, -0.05) is 46.3 Å². The van der Waals surface area contributed by atoms with E-state index in [0.717, 1.165) is 11.8 Å². The zero-order valence-corrected chi connectivity index (χ0v) is 16.4. The minimum atomic E-state index is 0.808. The van der Waals surface area contributed by atoms with Gasteiger partial charge in [-0.3, -0.25) is 0 Å². The van der Waals surface area contributed by atoms with Gasteiger partial charge in [-0.2, -0.15) is 0 Å². The summed E-state index contributed by atoms with van der Waals surface area (Å²) in [6.07, 6.45) is 9.13. The van der Waals surface area contributed by atoms with E-state index in [1.165, 1.54) is 89.8 Å². The van der Waals surface area contributed by atoms with Crippen LogP contribution in [0.5, 0.6) is 0 Å². The van der Waals surface area contributed by atoms with Crippen molar-refractivity contribution in [2.75, 3.05) is 39.3 Å². The molecule has 0 aromatic rings. The third-order valence-corrected chi connectivity index (χ3v) is 5.11. The summed E-state index contributed by atoms with van der Waals surface area (Å²) in [4.78, 5) is 5.35. The fourth-order valence-electron chi connectivity index (χ4n) is 3.79. The van der Waals surface area contributed by atoms with E-state index in [-0.39, 0.29) is 0 Å². The maximum Gasteiger partial charge on any atom is 0.00185 e. The monoisotopic (exact) mass is 322 g/mol. The average Bonchev–Trinajstić information content (AvgIpc) is 2.51. The third-order valence-electron chi connectivity index (χ3n) is 5.11. The second-order valence-electron chi connectivity index (χ2n) is 8.02. The molecule has 0 aromatic heterocycles. The van der Waals surface area contributed by atoms with Gasteiger partial charge in [0, 0.05) is 13.1 Å². The summed E-state index contributed by atoms with van der Waals surface area (Å²) >= 11 is 0. The molecule has 1 heterocycles. The highest BCUT2D eigenvalue weighted by atomic mass is 15.1. The molecule has 1 aliphatic heterocycles. The lowest BCUT2D eigenvalue weighted by atomic mass is 9.93. The lowest BCUT2D eigenvalue weighted by molar-refractivity contribution is 0.151. The molecular formula is C21H42N2. The van der Waals surface area contributed by atoms with Crippen LogP contribution in [0, 0.1) is 11.8 Å². The summed E-state index contributed by atoms with van der Waals surface area (Å²) in [5.41, 5.74) is 1.44. The first-order chi connectivity index (χ1) is 11.0. The Hall–Kier alpha value is -0.340. The number of rotatable bonds is 12. The van der Waals surface area contributed by atoms with Crippen LogP contribution in [0.15, 0.2) is 12.2 Å². The molecule has 23 heavy (non-hydrogen) atoms. The first kappa shape index (κ1) is 20.7. The van der Waals surface area contributed by atoms with E-state index in [2.05, 4.69) is 44.1 Å². The van der Waals surface area contributed by atoms with Crippen LogP contribution in [0.4, 0.5) is 0 Å². The standard InChI is InChI=1S/C21H42N2/c1-6-8-20(5)9-14-22(13-7-2)15-10-21-11-16-23(17-12-21)18-19(3)4/h19,21H,5-18H2,1-4H3. The number of hydrogen-bond acceptors (Lipinski definition) is 2. The van der Waals surface area contributed by atoms with Crippen LogP contribution in [-0.4, -0.2) is 49.1 Å². The highest BCUT2D eigenvalue weighted by Crippen LogP contribution is 2.22. The van der Waals surface area contributed by atoms with Crippen LogP contribution in [0.25, 0.3) is 0 Å². The minimum Gasteiger partial charge on any atom is -0.303 e. The van der Waals surface area contributed by atoms with Crippen molar-refractivity contribution >= 4 is 0 Å². The molecule has 1 rings (SSSR count). The normalized spacial score (nSPS) is 17.3. The van der Waals surface area contributed by atoms with Crippen molar-refractivity contribution < 1.29 is 0 Å². The first-order valence-electron chi connectivity index (χ1n) is 10.2. The van der Waals surface area contributed by atoms with Gasteiger partial charge >= 0.3 is 0 Å². The molecule has 0 unspecified atom stereocenters. The lowest BCUT2D eigenvalue weighted by Gasteiger charge is -2.34. The van der Waals surface area contributed by atoms with Gasteiger partial charge in [-0.25, -0.2) is 0 Å². The Morgan fingerprint density at radius 1 is 1.04 bits per heavy atom. The maximum atomic E-state index is 4.23. The molecule has 2 heteroatoms. The Labute approximate surface area is 146 Å². The quantitative estimate of drug-likeness (QED) is 0.455. The third kappa shape index (κ3) is 9.52. The highest BCUT2D eigenvalue weighted by Gasteiger charge is 2.20. The summed E-state index contributed by atoms with van der Waals surface area (Å²) < 4.78 is 0. The van der Waals surface area contributed by atoms with E-state index in [9.17, 15) is 0 Å². The van der Waals surface area contributed by atoms with Crippen molar-refractivity contribution in [1.29, 1.82) is 0 Å². The largest absolute Gasteiger partial charge is 0.303 e. The van der Waals surface area contributed by atoms with Crippen LogP contribution < -0.4 is 0 Å².